The summed E-state index contributed by atoms with van der Waals surface area (Å²) in [6, 6.07) is 3.71. The number of rotatable bonds is 3. The summed E-state index contributed by atoms with van der Waals surface area (Å²) in [5.41, 5.74) is -0.212. The van der Waals surface area contributed by atoms with E-state index in [0.29, 0.717) is 6.42 Å². The van der Waals surface area contributed by atoms with Crippen molar-refractivity contribution < 1.29 is 13.5 Å². The summed E-state index contributed by atoms with van der Waals surface area (Å²) < 4.78 is 32.3. The number of hydrogen-bond donors (Lipinski definition) is 0. The van der Waals surface area contributed by atoms with Gasteiger partial charge in [0.2, 0.25) is 0 Å². The second-order valence-electron chi connectivity index (χ2n) is 4.72. The highest BCUT2D eigenvalue weighted by Gasteiger charge is 2.51. The van der Waals surface area contributed by atoms with Gasteiger partial charge in [-0.25, -0.2) is 8.78 Å². The first kappa shape index (κ1) is 12.6. The molecule has 0 radical (unpaired) electrons. The molecule has 1 aliphatic rings. The average molecular weight is 261 g/mol. The second-order valence-corrected chi connectivity index (χ2v) is 5.25. The molecule has 3 unspecified atom stereocenters. The summed E-state index contributed by atoms with van der Waals surface area (Å²) in [6.07, 6.45) is 1.23. The third-order valence-electron chi connectivity index (χ3n) is 3.81. The number of benzene rings is 1. The Kier molecular flexibility index (Phi) is 3.30. The predicted octanol–water partition coefficient (Wildman–Crippen LogP) is 4.14. The molecular weight excluding hydrogens is 246 g/mol. The summed E-state index contributed by atoms with van der Waals surface area (Å²) in [7, 11) is 0. The van der Waals surface area contributed by atoms with Crippen molar-refractivity contribution in [3.05, 3.63) is 29.8 Å². The fraction of sp³-hybridized carbons (Fsp3) is 0.538. The molecule has 0 aliphatic heterocycles. The van der Waals surface area contributed by atoms with Gasteiger partial charge in [-0.05, 0) is 18.6 Å². The molecule has 1 saturated carbocycles. The zero-order chi connectivity index (χ0) is 12.6. The van der Waals surface area contributed by atoms with Crippen LogP contribution in [0.4, 0.5) is 8.78 Å². The number of halogens is 3. The van der Waals surface area contributed by atoms with Crippen LogP contribution >= 0.6 is 11.6 Å². The predicted molar refractivity (Wildman–Crippen MR) is 63.4 cm³/mol. The fourth-order valence-corrected chi connectivity index (χ4v) is 2.59. The number of alkyl halides is 1. The standard InChI is InChI=1S/C13H15ClF2O/c1-3-13(2)10(14)7-11(13)17-12-8(15)5-4-6-9(12)16/h4-6,10-11H,3,7H2,1-2H3. The molecule has 1 aromatic rings. The summed E-state index contributed by atoms with van der Waals surface area (Å²) in [5.74, 6) is -1.62. The van der Waals surface area contributed by atoms with Crippen molar-refractivity contribution in [1.82, 2.24) is 0 Å². The maximum Gasteiger partial charge on any atom is 0.191 e. The highest BCUT2D eigenvalue weighted by molar-refractivity contribution is 6.21. The number of hydrogen-bond acceptors (Lipinski definition) is 1. The van der Waals surface area contributed by atoms with Crippen molar-refractivity contribution in [1.29, 1.82) is 0 Å². The van der Waals surface area contributed by atoms with Crippen LogP contribution in [-0.4, -0.2) is 11.5 Å². The van der Waals surface area contributed by atoms with E-state index in [9.17, 15) is 8.78 Å². The van der Waals surface area contributed by atoms with Crippen LogP contribution in [-0.2, 0) is 0 Å². The molecule has 1 nitrogen and oxygen atoms in total. The molecule has 2 rings (SSSR count). The van der Waals surface area contributed by atoms with E-state index >= 15 is 0 Å². The molecule has 17 heavy (non-hydrogen) atoms. The largest absolute Gasteiger partial charge is 0.484 e. The molecule has 0 spiro atoms. The van der Waals surface area contributed by atoms with Crippen LogP contribution in [0.15, 0.2) is 18.2 Å². The van der Waals surface area contributed by atoms with E-state index < -0.39 is 11.6 Å². The van der Waals surface area contributed by atoms with Gasteiger partial charge in [-0.3, -0.25) is 0 Å². The van der Waals surface area contributed by atoms with E-state index in [2.05, 4.69) is 0 Å². The van der Waals surface area contributed by atoms with Gasteiger partial charge < -0.3 is 4.74 Å². The van der Waals surface area contributed by atoms with Gasteiger partial charge in [0.25, 0.3) is 0 Å². The van der Waals surface area contributed by atoms with Crippen molar-refractivity contribution in [2.75, 3.05) is 0 Å². The smallest absolute Gasteiger partial charge is 0.191 e. The lowest BCUT2D eigenvalue weighted by atomic mass is 9.65. The molecular formula is C13H15ClF2O. The van der Waals surface area contributed by atoms with Crippen molar-refractivity contribution in [3.8, 4) is 5.75 Å². The van der Waals surface area contributed by atoms with Crippen LogP contribution in [0.3, 0.4) is 0 Å². The summed E-state index contributed by atoms with van der Waals surface area (Å²) in [6.45, 7) is 3.99. The van der Waals surface area contributed by atoms with E-state index in [1.807, 2.05) is 13.8 Å². The third kappa shape index (κ3) is 2.01. The number of para-hydroxylation sites is 1. The molecule has 1 fully saturated rings. The first-order valence-corrected chi connectivity index (χ1v) is 6.17. The first-order valence-electron chi connectivity index (χ1n) is 5.73. The monoisotopic (exact) mass is 260 g/mol. The molecule has 0 aromatic heterocycles. The van der Waals surface area contributed by atoms with Gasteiger partial charge in [0, 0.05) is 17.2 Å². The highest BCUT2D eigenvalue weighted by atomic mass is 35.5. The summed E-state index contributed by atoms with van der Waals surface area (Å²) >= 11 is 6.13. The van der Waals surface area contributed by atoms with Crippen molar-refractivity contribution in [2.45, 2.75) is 38.2 Å². The number of ether oxygens (including phenoxy) is 1. The van der Waals surface area contributed by atoms with Crippen LogP contribution in [0.5, 0.6) is 5.75 Å². The minimum atomic E-state index is -0.665. The maximum absolute atomic E-state index is 13.4. The Bertz CT molecular complexity index is 404. The van der Waals surface area contributed by atoms with Gasteiger partial charge in [0.05, 0.1) is 0 Å². The van der Waals surface area contributed by atoms with Crippen LogP contribution in [0.25, 0.3) is 0 Å². The van der Waals surface area contributed by atoms with Gasteiger partial charge >= 0.3 is 0 Å². The average Bonchev–Trinajstić information content (AvgIpc) is 2.31. The summed E-state index contributed by atoms with van der Waals surface area (Å²) in [5, 5.41) is 0.00679. The molecule has 0 saturated heterocycles. The Labute approximate surface area is 105 Å². The molecule has 4 heteroatoms. The molecule has 0 N–H and O–H groups in total. The molecule has 0 bridgehead atoms. The van der Waals surface area contributed by atoms with E-state index in [1.165, 1.54) is 18.2 Å². The van der Waals surface area contributed by atoms with E-state index in [1.54, 1.807) is 0 Å². The van der Waals surface area contributed by atoms with Crippen LogP contribution in [0.2, 0.25) is 0 Å². The van der Waals surface area contributed by atoms with Crippen LogP contribution in [0, 0.1) is 17.0 Å². The Balaban J connectivity index is 2.18. The van der Waals surface area contributed by atoms with E-state index in [0.717, 1.165) is 6.42 Å². The zero-order valence-corrected chi connectivity index (χ0v) is 10.6. The Morgan fingerprint density at radius 3 is 2.47 bits per heavy atom. The molecule has 1 aliphatic carbocycles. The second kappa shape index (κ2) is 4.45. The van der Waals surface area contributed by atoms with Crippen molar-refractivity contribution in [3.63, 3.8) is 0 Å². The minimum Gasteiger partial charge on any atom is -0.484 e. The normalized spacial score (nSPS) is 32.1. The van der Waals surface area contributed by atoms with E-state index in [4.69, 9.17) is 16.3 Å². The summed E-state index contributed by atoms with van der Waals surface area (Å²) in [4.78, 5) is 0. The van der Waals surface area contributed by atoms with Crippen molar-refractivity contribution in [2.24, 2.45) is 5.41 Å². The highest BCUT2D eigenvalue weighted by Crippen LogP contribution is 2.49. The topological polar surface area (TPSA) is 9.23 Å². The molecule has 0 amide bonds. The Morgan fingerprint density at radius 2 is 2.00 bits per heavy atom. The van der Waals surface area contributed by atoms with Gasteiger partial charge in [-0.2, -0.15) is 0 Å². The molecule has 3 atom stereocenters. The lowest BCUT2D eigenvalue weighted by molar-refractivity contribution is -0.0336. The first-order chi connectivity index (χ1) is 7.99. The zero-order valence-electron chi connectivity index (χ0n) is 9.84. The molecule has 1 aromatic carbocycles. The van der Waals surface area contributed by atoms with Crippen LogP contribution < -0.4 is 4.74 Å². The van der Waals surface area contributed by atoms with Crippen molar-refractivity contribution >= 4 is 11.6 Å². The molecule has 0 heterocycles. The van der Waals surface area contributed by atoms with Crippen LogP contribution in [0.1, 0.15) is 26.7 Å². The molecule has 94 valence electrons. The third-order valence-corrected chi connectivity index (χ3v) is 4.49. The lowest BCUT2D eigenvalue weighted by Crippen LogP contribution is -2.55. The Morgan fingerprint density at radius 1 is 1.41 bits per heavy atom. The lowest BCUT2D eigenvalue weighted by Gasteiger charge is -2.50. The maximum atomic E-state index is 13.4. The fourth-order valence-electron chi connectivity index (χ4n) is 2.14. The van der Waals surface area contributed by atoms with Gasteiger partial charge in [0.1, 0.15) is 6.10 Å². The van der Waals surface area contributed by atoms with Gasteiger partial charge in [-0.15, -0.1) is 11.6 Å². The SMILES string of the molecule is CCC1(C)C(Cl)CC1Oc1c(F)cccc1F. The quantitative estimate of drug-likeness (QED) is 0.742. The Hall–Kier alpha value is -0.830. The minimum absolute atomic E-state index is 0.00679. The van der Waals surface area contributed by atoms with Gasteiger partial charge in [-0.1, -0.05) is 19.9 Å². The van der Waals surface area contributed by atoms with E-state index in [-0.39, 0.29) is 22.6 Å². The van der Waals surface area contributed by atoms with Gasteiger partial charge in [0.15, 0.2) is 17.4 Å².